The van der Waals surface area contributed by atoms with Crippen LogP contribution in [0.25, 0.3) is 0 Å². The minimum absolute atomic E-state index is 0.129. The maximum atomic E-state index is 10.2. The molecule has 2 nitrogen and oxygen atoms in total. The Labute approximate surface area is 89.5 Å². The minimum Gasteiger partial charge on any atom is -0.481 e. The molecule has 3 heteroatoms. The maximum Gasteiger partial charge on any atom is 0.303 e. The van der Waals surface area contributed by atoms with E-state index in [1.54, 1.807) is 6.07 Å². The van der Waals surface area contributed by atoms with E-state index in [-0.39, 0.29) is 6.42 Å². The quantitative estimate of drug-likeness (QED) is 0.838. The van der Waals surface area contributed by atoms with E-state index in [2.05, 4.69) is 0 Å². The lowest BCUT2D eigenvalue weighted by molar-refractivity contribution is -0.136. The van der Waals surface area contributed by atoms with Gasteiger partial charge in [0.05, 0.1) is 0 Å². The van der Waals surface area contributed by atoms with Crippen molar-refractivity contribution < 1.29 is 9.90 Å². The molecule has 0 amide bonds. The van der Waals surface area contributed by atoms with Crippen molar-refractivity contribution in [1.82, 2.24) is 0 Å². The second-order valence-electron chi connectivity index (χ2n) is 2.49. The van der Waals surface area contributed by atoms with Crippen molar-refractivity contribution in [2.45, 2.75) is 26.7 Å². The Kier molecular flexibility index (Phi) is 6.85. The van der Waals surface area contributed by atoms with Crippen LogP contribution in [-0.4, -0.2) is 11.1 Å². The summed E-state index contributed by atoms with van der Waals surface area (Å²) in [5.74, 6) is -0.796. The van der Waals surface area contributed by atoms with E-state index in [0.717, 1.165) is 5.56 Å². The summed E-state index contributed by atoms with van der Waals surface area (Å²) in [5, 5.41) is 9.06. The Morgan fingerprint density at radius 2 is 1.93 bits per heavy atom. The fourth-order valence-corrected chi connectivity index (χ4v) is 1.17. The molecule has 0 saturated carbocycles. The number of aryl methyl sites for hydroxylation is 1. The lowest BCUT2D eigenvalue weighted by atomic mass is 10.1. The summed E-state index contributed by atoms with van der Waals surface area (Å²) in [7, 11) is 0. The molecule has 0 radical (unpaired) electrons. The number of aliphatic carboxylic acids is 1. The summed E-state index contributed by atoms with van der Waals surface area (Å²) in [6.07, 6.45) is 0.624. The smallest absolute Gasteiger partial charge is 0.303 e. The normalized spacial score (nSPS) is 8.79. The molecular formula is C11H15ClO2. The van der Waals surface area contributed by atoms with Crippen molar-refractivity contribution in [1.29, 1.82) is 0 Å². The Bertz CT molecular complexity index is 284. The van der Waals surface area contributed by atoms with Crippen LogP contribution >= 0.6 is 11.6 Å². The molecule has 14 heavy (non-hydrogen) atoms. The first kappa shape index (κ1) is 13.0. The van der Waals surface area contributed by atoms with Gasteiger partial charge < -0.3 is 5.11 Å². The Morgan fingerprint density at radius 3 is 2.43 bits per heavy atom. The number of rotatable bonds is 3. The molecule has 0 heterocycles. The van der Waals surface area contributed by atoms with Crippen molar-refractivity contribution in [2.24, 2.45) is 0 Å². The second-order valence-corrected chi connectivity index (χ2v) is 2.89. The molecule has 78 valence electrons. The number of carbonyl (C=O) groups is 1. The van der Waals surface area contributed by atoms with Gasteiger partial charge in [-0.3, -0.25) is 4.79 Å². The van der Waals surface area contributed by atoms with Gasteiger partial charge in [-0.15, -0.1) is 0 Å². The first-order valence-electron chi connectivity index (χ1n) is 4.65. The highest BCUT2D eigenvalue weighted by molar-refractivity contribution is 6.31. The molecule has 0 spiro atoms. The van der Waals surface area contributed by atoms with Gasteiger partial charge in [-0.1, -0.05) is 43.6 Å². The monoisotopic (exact) mass is 214 g/mol. The predicted octanol–water partition coefficient (Wildman–Crippen LogP) is 3.38. The third kappa shape index (κ3) is 4.87. The summed E-state index contributed by atoms with van der Waals surface area (Å²) >= 11 is 5.81. The van der Waals surface area contributed by atoms with Gasteiger partial charge in [0.1, 0.15) is 0 Å². The number of hydrogen-bond donors (Lipinski definition) is 1. The highest BCUT2D eigenvalue weighted by Crippen LogP contribution is 2.16. The van der Waals surface area contributed by atoms with Crippen molar-refractivity contribution >= 4 is 17.6 Å². The molecule has 1 aromatic carbocycles. The zero-order chi connectivity index (χ0) is 11.0. The molecule has 0 aromatic heterocycles. The largest absolute Gasteiger partial charge is 0.481 e. The molecule has 0 aliphatic heterocycles. The molecule has 1 aromatic rings. The average Bonchev–Trinajstić information content (AvgIpc) is 2.19. The molecule has 0 aliphatic carbocycles. The Balaban J connectivity index is 0.000000791. The van der Waals surface area contributed by atoms with Crippen LogP contribution < -0.4 is 0 Å². The fourth-order valence-electron chi connectivity index (χ4n) is 0.943. The van der Waals surface area contributed by atoms with Gasteiger partial charge in [-0.25, -0.2) is 0 Å². The van der Waals surface area contributed by atoms with Gasteiger partial charge in [-0.2, -0.15) is 0 Å². The summed E-state index contributed by atoms with van der Waals surface area (Å²) in [6, 6.07) is 7.28. The van der Waals surface area contributed by atoms with E-state index in [1.165, 1.54) is 0 Å². The van der Waals surface area contributed by atoms with Gasteiger partial charge in [0.2, 0.25) is 0 Å². The molecule has 1 rings (SSSR count). The van der Waals surface area contributed by atoms with E-state index in [1.807, 2.05) is 32.0 Å². The first-order chi connectivity index (χ1) is 6.70. The van der Waals surface area contributed by atoms with Crippen molar-refractivity contribution in [3.63, 3.8) is 0 Å². The second kappa shape index (κ2) is 7.39. The first-order valence-corrected chi connectivity index (χ1v) is 5.03. The molecule has 0 bridgehead atoms. The van der Waals surface area contributed by atoms with Gasteiger partial charge in [0.25, 0.3) is 0 Å². The average molecular weight is 215 g/mol. The minimum atomic E-state index is -0.796. The number of carboxylic acids is 1. The Morgan fingerprint density at radius 1 is 1.36 bits per heavy atom. The van der Waals surface area contributed by atoms with E-state index < -0.39 is 5.97 Å². The third-order valence-electron chi connectivity index (χ3n) is 1.57. The Hall–Kier alpha value is -1.02. The fraction of sp³-hybridized carbons (Fsp3) is 0.364. The van der Waals surface area contributed by atoms with Crippen LogP contribution in [0.2, 0.25) is 5.02 Å². The van der Waals surface area contributed by atoms with Gasteiger partial charge in [-0.05, 0) is 18.1 Å². The number of carboxylic acid groups (broad SMARTS) is 1. The van der Waals surface area contributed by atoms with Gasteiger partial charge in [0.15, 0.2) is 0 Å². The predicted molar refractivity (Wildman–Crippen MR) is 58.8 cm³/mol. The highest BCUT2D eigenvalue weighted by Gasteiger charge is 2.01. The number of hydrogen-bond acceptors (Lipinski definition) is 1. The molecule has 0 atom stereocenters. The summed E-state index contributed by atoms with van der Waals surface area (Å²) in [4.78, 5) is 10.2. The molecule has 0 fully saturated rings. The van der Waals surface area contributed by atoms with E-state index in [4.69, 9.17) is 16.7 Å². The molecular weight excluding hydrogens is 200 g/mol. The van der Waals surface area contributed by atoms with E-state index >= 15 is 0 Å². The maximum absolute atomic E-state index is 10.2. The van der Waals surface area contributed by atoms with Crippen LogP contribution in [0.3, 0.4) is 0 Å². The lowest BCUT2D eigenvalue weighted by Crippen LogP contribution is -1.97. The van der Waals surface area contributed by atoms with Crippen LogP contribution in [0, 0.1) is 0 Å². The zero-order valence-corrected chi connectivity index (χ0v) is 9.21. The van der Waals surface area contributed by atoms with Crippen LogP contribution in [-0.2, 0) is 11.2 Å². The topological polar surface area (TPSA) is 37.3 Å². The van der Waals surface area contributed by atoms with E-state index in [9.17, 15) is 4.79 Å². The molecule has 0 saturated heterocycles. The molecule has 0 unspecified atom stereocenters. The zero-order valence-electron chi connectivity index (χ0n) is 8.46. The van der Waals surface area contributed by atoms with Gasteiger partial charge in [0, 0.05) is 11.4 Å². The number of benzene rings is 1. The van der Waals surface area contributed by atoms with E-state index in [0.29, 0.717) is 11.4 Å². The highest BCUT2D eigenvalue weighted by atomic mass is 35.5. The standard InChI is InChI=1S/C9H9ClO2.C2H6/c10-8-4-2-1-3-7(8)5-6-9(11)12;1-2/h1-4H,5-6H2,(H,11,12);1-2H3. The van der Waals surface area contributed by atoms with Crippen LogP contribution in [0.4, 0.5) is 0 Å². The molecule has 1 N–H and O–H groups in total. The SMILES string of the molecule is CC.O=C(O)CCc1ccccc1Cl. The summed E-state index contributed by atoms with van der Waals surface area (Å²) in [5.41, 5.74) is 0.890. The summed E-state index contributed by atoms with van der Waals surface area (Å²) in [6.45, 7) is 4.00. The van der Waals surface area contributed by atoms with Crippen molar-refractivity contribution in [3.05, 3.63) is 34.9 Å². The van der Waals surface area contributed by atoms with Gasteiger partial charge >= 0.3 is 5.97 Å². The lowest BCUT2D eigenvalue weighted by Gasteiger charge is -1.99. The van der Waals surface area contributed by atoms with Crippen LogP contribution in [0.15, 0.2) is 24.3 Å². The van der Waals surface area contributed by atoms with Crippen molar-refractivity contribution in [3.8, 4) is 0 Å². The molecule has 0 aliphatic rings. The third-order valence-corrected chi connectivity index (χ3v) is 1.93. The van der Waals surface area contributed by atoms with Crippen LogP contribution in [0.1, 0.15) is 25.8 Å². The van der Waals surface area contributed by atoms with Crippen molar-refractivity contribution in [2.75, 3.05) is 0 Å². The van der Waals surface area contributed by atoms with Crippen LogP contribution in [0.5, 0.6) is 0 Å². The number of halogens is 1. The summed E-state index contributed by atoms with van der Waals surface area (Å²) < 4.78 is 0.